The van der Waals surface area contributed by atoms with Crippen LogP contribution in [-0.4, -0.2) is 71.2 Å². The number of aromatic nitrogens is 3. The number of fused-ring (bicyclic) bond motifs is 3. The topological polar surface area (TPSA) is 117 Å². The van der Waals surface area contributed by atoms with Gasteiger partial charge >= 0.3 is 6.18 Å². The molecule has 2 N–H and O–H groups in total. The number of halogens is 3. The van der Waals surface area contributed by atoms with Gasteiger partial charge in [0.1, 0.15) is 28.5 Å². The second-order valence-electron chi connectivity index (χ2n) is 10.7. The van der Waals surface area contributed by atoms with Crippen LogP contribution in [0.5, 0.6) is 0 Å². The van der Waals surface area contributed by atoms with Gasteiger partial charge in [-0.25, -0.2) is 9.97 Å². The third kappa shape index (κ3) is 6.41. The van der Waals surface area contributed by atoms with E-state index in [1.54, 1.807) is 37.4 Å². The summed E-state index contributed by atoms with van der Waals surface area (Å²) in [4.78, 5) is 26.3. The molecule has 3 saturated heterocycles. The molecule has 0 bridgehead atoms. The molecule has 10 nitrogen and oxygen atoms in total. The van der Waals surface area contributed by atoms with Gasteiger partial charge in [0.25, 0.3) is 5.56 Å². The number of furan rings is 1. The summed E-state index contributed by atoms with van der Waals surface area (Å²) in [5.41, 5.74) is 2.20. The number of alkyl halides is 3. The van der Waals surface area contributed by atoms with Gasteiger partial charge in [0, 0.05) is 36.8 Å². The predicted octanol–water partition coefficient (Wildman–Crippen LogP) is 4.69. The fraction of sp³-hybridized carbons (Fsp3) is 0.406. The fourth-order valence-corrected chi connectivity index (χ4v) is 5.65. The Hall–Kier alpha value is -4.72. The number of rotatable bonds is 2. The van der Waals surface area contributed by atoms with Gasteiger partial charge in [0.15, 0.2) is 11.4 Å². The molecular weight excluding hydrogens is 591 g/mol. The Bertz CT molecular complexity index is 1820. The van der Waals surface area contributed by atoms with Gasteiger partial charge in [-0.1, -0.05) is 24.5 Å². The molecule has 236 valence electrons. The second-order valence-corrected chi connectivity index (χ2v) is 10.7. The van der Waals surface area contributed by atoms with Gasteiger partial charge in [-0.15, -0.1) is 5.92 Å². The number of morpholine rings is 1. The van der Waals surface area contributed by atoms with Crippen molar-refractivity contribution in [1.29, 1.82) is 0 Å². The highest BCUT2D eigenvalue weighted by Gasteiger charge is 2.50. The van der Waals surface area contributed by atoms with Crippen molar-refractivity contribution in [3.63, 3.8) is 0 Å². The summed E-state index contributed by atoms with van der Waals surface area (Å²) in [7, 11) is 0. The normalized spacial score (nSPS) is 18.6. The van der Waals surface area contributed by atoms with E-state index in [1.165, 1.54) is 6.11 Å². The number of H-pyrrole nitrogens is 1. The zero-order valence-electron chi connectivity index (χ0n) is 24.8. The minimum atomic E-state index is -4.58. The molecule has 3 aliphatic heterocycles. The number of para-hydroxylation sites is 1. The number of aliphatic hydroxyl groups excluding tert-OH is 1. The van der Waals surface area contributed by atoms with E-state index in [1.807, 2.05) is 11.0 Å². The first-order chi connectivity index (χ1) is 21.6. The summed E-state index contributed by atoms with van der Waals surface area (Å²) in [6.07, 6.45) is 4.34. The minimum absolute atomic E-state index is 0.0872. The van der Waals surface area contributed by atoms with Crippen molar-refractivity contribution in [3.05, 3.63) is 58.3 Å². The molecule has 0 radical (unpaired) electrons. The van der Waals surface area contributed by atoms with Gasteiger partial charge in [0.2, 0.25) is 5.82 Å². The highest BCUT2D eigenvalue weighted by Crippen LogP contribution is 2.37. The van der Waals surface area contributed by atoms with Crippen molar-refractivity contribution in [2.45, 2.75) is 44.5 Å². The highest BCUT2D eigenvalue weighted by molar-refractivity contribution is 6.05. The van der Waals surface area contributed by atoms with Gasteiger partial charge in [-0.3, -0.25) is 4.79 Å². The molecule has 4 aromatic rings. The molecular formula is C32H32F3N5O5. The van der Waals surface area contributed by atoms with Crippen molar-refractivity contribution < 1.29 is 32.2 Å². The third-order valence-corrected chi connectivity index (χ3v) is 7.97. The predicted molar refractivity (Wildman–Crippen MR) is 162 cm³/mol. The number of hydrogen-bond acceptors (Lipinski definition) is 9. The summed E-state index contributed by atoms with van der Waals surface area (Å²) in [6, 6.07) is 8.92. The standard InChI is InChI=1S/C15H12F3N3O.C15H18N2O3.C2H2O/c16-15(17,18)14-19-11-9-5-1-2-6-10(9)22-12(11)13(20-14)21-7-3-4-8-21;1-3-4-12-7-13(14(18)16-8-12)17-5-6-20-15(11(17)2)9-19-10-15;1-2-3/h1-2,5-6H,3-4,7-8H2;7-8,11H,5-6,9-10H2,1-2H3,(H,16,18);1,3H. The van der Waals surface area contributed by atoms with Crippen LogP contribution < -0.4 is 15.4 Å². The number of anilines is 2. The van der Waals surface area contributed by atoms with Gasteiger partial charge < -0.3 is 33.8 Å². The number of benzene rings is 1. The molecule has 1 spiro atoms. The third-order valence-electron chi connectivity index (χ3n) is 7.97. The summed E-state index contributed by atoms with van der Waals surface area (Å²) in [5.74, 6) is 4.95. The molecule has 7 rings (SSSR count). The van der Waals surface area contributed by atoms with Crippen molar-refractivity contribution in [1.82, 2.24) is 15.0 Å². The lowest BCUT2D eigenvalue weighted by molar-refractivity contribution is -0.228. The van der Waals surface area contributed by atoms with Crippen LogP contribution in [0, 0.1) is 24.4 Å². The summed E-state index contributed by atoms with van der Waals surface area (Å²) in [6.45, 7) is 7.73. The number of aromatic amines is 1. The Kier molecular flexibility index (Phi) is 9.23. The van der Waals surface area contributed by atoms with Gasteiger partial charge in [-0.2, -0.15) is 13.2 Å². The van der Waals surface area contributed by atoms with Crippen LogP contribution in [0.25, 0.3) is 22.1 Å². The summed E-state index contributed by atoms with van der Waals surface area (Å²) < 4.78 is 56.3. The Morgan fingerprint density at radius 2 is 1.87 bits per heavy atom. The first-order valence-electron chi connectivity index (χ1n) is 14.4. The molecule has 1 aromatic carbocycles. The van der Waals surface area contributed by atoms with Crippen LogP contribution in [0.15, 0.2) is 45.7 Å². The second kappa shape index (κ2) is 13.1. The minimum Gasteiger partial charge on any atom is -0.462 e. The molecule has 45 heavy (non-hydrogen) atoms. The number of nitrogens with one attached hydrogen (secondary N) is 1. The Balaban J connectivity index is 0.000000165. The number of nitrogens with zero attached hydrogens (tertiary/aromatic N) is 4. The quantitative estimate of drug-likeness (QED) is 0.307. The average Bonchev–Trinajstić information content (AvgIpc) is 3.66. The maximum Gasteiger partial charge on any atom is 0.451 e. The lowest BCUT2D eigenvalue weighted by atomic mass is 9.90. The smallest absolute Gasteiger partial charge is 0.451 e. The van der Waals surface area contributed by atoms with Crippen molar-refractivity contribution in [2.24, 2.45) is 0 Å². The Labute approximate surface area is 257 Å². The molecule has 13 heteroatoms. The Morgan fingerprint density at radius 3 is 2.51 bits per heavy atom. The van der Waals surface area contributed by atoms with Crippen LogP contribution in [-0.2, 0) is 15.7 Å². The van der Waals surface area contributed by atoms with Crippen LogP contribution in [0.1, 0.15) is 38.1 Å². The first kappa shape index (κ1) is 31.7. The van der Waals surface area contributed by atoms with Gasteiger partial charge in [-0.05, 0) is 44.9 Å². The number of ether oxygens (including phenoxy) is 2. The fourth-order valence-electron chi connectivity index (χ4n) is 5.65. The van der Waals surface area contributed by atoms with E-state index in [2.05, 4.69) is 45.0 Å². The SMILES string of the molecule is C#CO.CC#Cc1c[nH]c(=O)c(N2CCOC3(COC3)C2C)c1.FC(F)(F)c1nc(N2CCCC2)c2oc3ccccc3c2n1. The maximum absolute atomic E-state index is 13.1. The van der Waals surface area contributed by atoms with E-state index in [4.69, 9.17) is 19.0 Å². The van der Waals surface area contributed by atoms with Crippen molar-refractivity contribution in [2.75, 3.05) is 49.3 Å². The largest absolute Gasteiger partial charge is 0.462 e. The zero-order chi connectivity index (χ0) is 32.2. The molecule has 3 aliphatic rings. The number of terminal acetylenes is 1. The molecule has 0 aliphatic carbocycles. The molecule has 1 atom stereocenters. The van der Waals surface area contributed by atoms with Crippen LogP contribution in [0.4, 0.5) is 24.7 Å². The van der Waals surface area contributed by atoms with Crippen LogP contribution in [0.2, 0.25) is 0 Å². The number of hydrogen-bond donors (Lipinski definition) is 2. The highest BCUT2D eigenvalue weighted by atomic mass is 19.4. The number of pyridine rings is 1. The first-order valence-corrected chi connectivity index (χ1v) is 14.4. The van der Waals surface area contributed by atoms with E-state index < -0.39 is 12.0 Å². The molecule has 3 aromatic heterocycles. The Morgan fingerprint density at radius 1 is 1.16 bits per heavy atom. The lowest BCUT2D eigenvalue weighted by Crippen LogP contribution is -2.68. The molecule has 6 heterocycles. The van der Waals surface area contributed by atoms with Crippen LogP contribution in [0.3, 0.4) is 0 Å². The van der Waals surface area contributed by atoms with E-state index in [0.29, 0.717) is 61.7 Å². The summed E-state index contributed by atoms with van der Waals surface area (Å²) >= 11 is 0. The van der Waals surface area contributed by atoms with Crippen LogP contribution >= 0.6 is 0 Å². The molecule has 3 fully saturated rings. The zero-order valence-corrected chi connectivity index (χ0v) is 24.8. The van der Waals surface area contributed by atoms with Crippen molar-refractivity contribution in [3.8, 4) is 24.4 Å². The lowest BCUT2D eigenvalue weighted by Gasteiger charge is -2.53. The summed E-state index contributed by atoms with van der Waals surface area (Å²) in [5, 5.41) is 7.67. The molecule has 1 unspecified atom stereocenters. The van der Waals surface area contributed by atoms with E-state index in [-0.39, 0.29) is 28.5 Å². The van der Waals surface area contributed by atoms with Gasteiger partial charge in [0.05, 0.1) is 25.9 Å². The van der Waals surface area contributed by atoms with E-state index in [0.717, 1.165) is 18.4 Å². The average molecular weight is 624 g/mol. The monoisotopic (exact) mass is 623 g/mol. The van der Waals surface area contributed by atoms with E-state index in [9.17, 15) is 18.0 Å². The molecule has 0 saturated carbocycles. The van der Waals surface area contributed by atoms with E-state index >= 15 is 0 Å². The maximum atomic E-state index is 13.1. The number of aliphatic hydroxyl groups is 1. The van der Waals surface area contributed by atoms with Crippen molar-refractivity contribution >= 4 is 33.6 Å². The molecule has 0 amide bonds.